The van der Waals surface area contributed by atoms with Gasteiger partial charge in [0.15, 0.2) is 0 Å². The summed E-state index contributed by atoms with van der Waals surface area (Å²) >= 11 is 0. The molecule has 0 bridgehead atoms. The number of amides is 2. The fraction of sp³-hybridized carbons (Fsp3) is 0.750. The molecule has 1 aromatic heterocycles. The van der Waals surface area contributed by atoms with Gasteiger partial charge in [0.1, 0.15) is 5.54 Å². The van der Waals surface area contributed by atoms with E-state index in [2.05, 4.69) is 29.6 Å². The number of hydrogen-bond donors (Lipinski definition) is 2. The van der Waals surface area contributed by atoms with E-state index in [0.29, 0.717) is 19.0 Å². The van der Waals surface area contributed by atoms with Crippen molar-refractivity contribution in [3.8, 4) is 0 Å². The van der Waals surface area contributed by atoms with Crippen LogP contribution in [-0.4, -0.2) is 58.7 Å². The van der Waals surface area contributed by atoms with Crippen LogP contribution in [0.1, 0.15) is 46.5 Å². The molecule has 8 heteroatoms. The highest BCUT2D eigenvalue weighted by atomic mass is 35.5. The molecule has 2 amide bonds. The molecular weight excluding hydrogens is 378 g/mol. The van der Waals surface area contributed by atoms with Gasteiger partial charge in [-0.15, -0.1) is 12.4 Å². The lowest BCUT2D eigenvalue weighted by Gasteiger charge is -2.42. The first kappa shape index (κ1) is 22.7. The number of halogens is 1. The summed E-state index contributed by atoms with van der Waals surface area (Å²) in [5, 5.41) is 10.9. The fourth-order valence-electron chi connectivity index (χ4n) is 4.05. The van der Waals surface area contributed by atoms with Crippen LogP contribution >= 0.6 is 12.4 Å². The summed E-state index contributed by atoms with van der Waals surface area (Å²) in [4.78, 5) is 27.9. The Balaban J connectivity index is 0.00000280. The van der Waals surface area contributed by atoms with Crippen LogP contribution in [0.5, 0.6) is 0 Å². The van der Waals surface area contributed by atoms with Gasteiger partial charge in [-0.1, -0.05) is 13.8 Å². The van der Waals surface area contributed by atoms with Gasteiger partial charge in [0.25, 0.3) is 5.91 Å². The second-order valence-corrected chi connectivity index (χ2v) is 8.34. The molecule has 0 aliphatic carbocycles. The molecule has 3 heterocycles. The quantitative estimate of drug-likeness (QED) is 0.774. The fourth-order valence-corrected chi connectivity index (χ4v) is 4.05. The summed E-state index contributed by atoms with van der Waals surface area (Å²) in [6.45, 7) is 9.19. The minimum Gasteiger partial charge on any atom is -0.353 e. The lowest BCUT2D eigenvalue weighted by molar-refractivity contribution is -0.146. The van der Waals surface area contributed by atoms with Gasteiger partial charge >= 0.3 is 0 Å². The molecule has 2 saturated heterocycles. The van der Waals surface area contributed by atoms with Crippen molar-refractivity contribution in [1.82, 2.24) is 25.3 Å². The Morgan fingerprint density at radius 1 is 1.18 bits per heavy atom. The van der Waals surface area contributed by atoms with E-state index in [1.165, 1.54) is 0 Å². The molecule has 0 saturated carbocycles. The molecule has 2 N–H and O–H groups in total. The third-order valence-corrected chi connectivity index (χ3v) is 6.29. The van der Waals surface area contributed by atoms with Gasteiger partial charge in [-0.05, 0) is 57.7 Å². The smallest absolute Gasteiger partial charge is 0.250 e. The van der Waals surface area contributed by atoms with Gasteiger partial charge < -0.3 is 15.5 Å². The molecule has 1 unspecified atom stereocenters. The van der Waals surface area contributed by atoms with E-state index in [1.807, 2.05) is 28.8 Å². The van der Waals surface area contributed by atoms with Gasteiger partial charge in [-0.25, -0.2) is 0 Å². The van der Waals surface area contributed by atoms with E-state index in [1.54, 1.807) is 6.20 Å². The molecule has 0 radical (unpaired) electrons. The number of carbonyl (C=O) groups is 2. The number of rotatable bonds is 5. The monoisotopic (exact) mass is 411 g/mol. The van der Waals surface area contributed by atoms with Crippen molar-refractivity contribution in [2.75, 3.05) is 26.2 Å². The number of carbonyl (C=O) groups excluding carboxylic acids is 2. The number of piperidine rings is 2. The van der Waals surface area contributed by atoms with Crippen molar-refractivity contribution in [3.05, 3.63) is 18.5 Å². The second kappa shape index (κ2) is 9.74. The number of nitrogens with zero attached hydrogens (tertiary/aromatic N) is 3. The highest BCUT2D eigenvalue weighted by Crippen LogP contribution is 2.31. The molecule has 0 spiro atoms. The van der Waals surface area contributed by atoms with Gasteiger partial charge in [0.05, 0.1) is 0 Å². The van der Waals surface area contributed by atoms with Crippen LogP contribution in [0.25, 0.3) is 0 Å². The molecule has 2 aliphatic heterocycles. The summed E-state index contributed by atoms with van der Waals surface area (Å²) < 4.78 is 1.85. The number of hydrogen-bond acceptors (Lipinski definition) is 4. The van der Waals surface area contributed by atoms with Crippen molar-refractivity contribution < 1.29 is 9.59 Å². The predicted octanol–water partition coefficient (Wildman–Crippen LogP) is 1.78. The Morgan fingerprint density at radius 3 is 2.36 bits per heavy atom. The summed E-state index contributed by atoms with van der Waals surface area (Å²) in [5.74, 6) is 0.711. The maximum Gasteiger partial charge on any atom is 0.250 e. The van der Waals surface area contributed by atoms with E-state index in [0.717, 1.165) is 38.8 Å². The summed E-state index contributed by atoms with van der Waals surface area (Å²) in [6, 6.07) is 2.05. The van der Waals surface area contributed by atoms with Gasteiger partial charge in [-0.3, -0.25) is 14.3 Å². The number of likely N-dealkylation sites (tertiary alicyclic amines) is 1. The minimum atomic E-state index is -0.587. The largest absolute Gasteiger partial charge is 0.353 e. The average Bonchev–Trinajstić information content (AvgIpc) is 3.23. The molecule has 3 rings (SSSR count). The van der Waals surface area contributed by atoms with Crippen LogP contribution in [0, 0.1) is 11.8 Å². The normalized spacial score (nSPS) is 21.1. The molecule has 158 valence electrons. The minimum absolute atomic E-state index is 0. The van der Waals surface area contributed by atoms with Crippen molar-refractivity contribution in [3.63, 3.8) is 0 Å². The Kier molecular flexibility index (Phi) is 7.89. The summed E-state index contributed by atoms with van der Waals surface area (Å²) in [7, 11) is 0. The summed E-state index contributed by atoms with van der Waals surface area (Å²) in [5.41, 5.74) is -0.587. The average molecular weight is 412 g/mol. The highest BCUT2D eigenvalue weighted by molar-refractivity contribution is 5.86. The zero-order valence-electron chi connectivity index (χ0n) is 17.2. The lowest BCUT2D eigenvalue weighted by atomic mass is 9.85. The first-order valence-electron chi connectivity index (χ1n) is 10.2. The Hall–Kier alpha value is -1.60. The van der Waals surface area contributed by atoms with Crippen LogP contribution < -0.4 is 10.6 Å². The zero-order chi connectivity index (χ0) is 19.4. The van der Waals surface area contributed by atoms with Crippen molar-refractivity contribution in [2.24, 2.45) is 11.8 Å². The molecule has 28 heavy (non-hydrogen) atoms. The topological polar surface area (TPSA) is 79.3 Å². The number of aromatic nitrogens is 2. The molecule has 7 nitrogen and oxygen atoms in total. The molecule has 1 atom stereocenters. The zero-order valence-corrected chi connectivity index (χ0v) is 18.0. The number of nitrogens with one attached hydrogen (secondary N) is 2. The lowest BCUT2D eigenvalue weighted by Crippen LogP contribution is -2.57. The van der Waals surface area contributed by atoms with Crippen LogP contribution in [-0.2, 0) is 15.1 Å². The second-order valence-electron chi connectivity index (χ2n) is 8.34. The van der Waals surface area contributed by atoms with E-state index < -0.39 is 5.54 Å². The van der Waals surface area contributed by atoms with Gasteiger partial charge in [-0.2, -0.15) is 5.10 Å². The highest BCUT2D eigenvalue weighted by Gasteiger charge is 2.45. The van der Waals surface area contributed by atoms with Crippen molar-refractivity contribution in [2.45, 2.75) is 58.0 Å². The van der Waals surface area contributed by atoms with E-state index in [4.69, 9.17) is 0 Å². The third kappa shape index (κ3) is 4.69. The van der Waals surface area contributed by atoms with E-state index in [-0.39, 0.29) is 36.2 Å². The first-order valence-corrected chi connectivity index (χ1v) is 10.2. The van der Waals surface area contributed by atoms with E-state index >= 15 is 0 Å². The molecule has 2 fully saturated rings. The van der Waals surface area contributed by atoms with Crippen LogP contribution in [0.2, 0.25) is 0 Å². The van der Waals surface area contributed by atoms with Crippen molar-refractivity contribution in [1.29, 1.82) is 0 Å². The van der Waals surface area contributed by atoms with Crippen LogP contribution in [0.4, 0.5) is 0 Å². The molecule has 2 aliphatic rings. The predicted molar refractivity (Wildman–Crippen MR) is 111 cm³/mol. The Morgan fingerprint density at radius 2 is 1.82 bits per heavy atom. The maximum absolute atomic E-state index is 13.5. The SMILES string of the molecule is CC(C)C(C)NC(=O)C1CCN(C(=O)C2(n3cccn3)CCNCC2)CC1.Cl. The third-order valence-electron chi connectivity index (χ3n) is 6.29. The standard InChI is InChI=1S/C20H33N5O2.ClH/c1-15(2)16(3)23-18(26)17-5-13-24(14-6-17)19(27)20(7-10-21-11-8-20)25-12-4-9-22-25;/h4,9,12,15-17,21H,5-8,10-11,13-14H2,1-3H3,(H,23,26);1H. The molecule has 1 aromatic rings. The first-order chi connectivity index (χ1) is 12.9. The van der Waals surface area contributed by atoms with Gasteiger partial charge in [0.2, 0.25) is 5.91 Å². The van der Waals surface area contributed by atoms with Crippen LogP contribution in [0.15, 0.2) is 18.5 Å². The maximum atomic E-state index is 13.5. The Labute approximate surface area is 174 Å². The molecular formula is C20H34ClN5O2. The van der Waals surface area contributed by atoms with Gasteiger partial charge in [0, 0.05) is 37.4 Å². The summed E-state index contributed by atoms with van der Waals surface area (Å²) in [6.07, 6.45) is 6.60. The Bertz CT molecular complexity index is 635. The van der Waals surface area contributed by atoms with E-state index in [9.17, 15) is 9.59 Å². The molecule has 0 aromatic carbocycles. The van der Waals surface area contributed by atoms with Crippen molar-refractivity contribution >= 4 is 24.2 Å². The van der Waals surface area contributed by atoms with Crippen LogP contribution in [0.3, 0.4) is 0 Å².